The van der Waals surface area contributed by atoms with Gasteiger partial charge < -0.3 is 9.47 Å². The normalized spacial score (nSPS) is 13.6. The van der Waals surface area contributed by atoms with E-state index < -0.39 is 61.6 Å². The van der Waals surface area contributed by atoms with E-state index in [4.69, 9.17) is 46.6 Å². The van der Waals surface area contributed by atoms with Gasteiger partial charge in [-0.15, -0.1) is 0 Å². The lowest BCUT2D eigenvalue weighted by Crippen LogP contribution is -2.32. The molecule has 0 radical (unpaired) electrons. The number of halogens is 2. The Hall–Kier alpha value is -2.46. The van der Waals surface area contributed by atoms with Crippen LogP contribution in [0.25, 0.3) is 0 Å². The molecule has 0 fully saturated rings. The van der Waals surface area contributed by atoms with E-state index in [9.17, 15) is 18.9 Å². The third-order valence-corrected chi connectivity index (χ3v) is 9.28. The Balaban J connectivity index is 2.43. The van der Waals surface area contributed by atoms with Crippen LogP contribution in [0, 0.1) is 10.8 Å². The van der Waals surface area contributed by atoms with Crippen molar-refractivity contribution in [2.45, 2.75) is 73.6 Å². The molecule has 2 unspecified atom stereocenters. The second-order valence-corrected chi connectivity index (χ2v) is 15.2. The maximum atomic E-state index is 14.6. The summed E-state index contributed by atoms with van der Waals surface area (Å²) < 4.78 is 36.3. The van der Waals surface area contributed by atoms with Crippen molar-refractivity contribution in [1.29, 1.82) is 0 Å². The number of hydrogen-bond donors (Lipinski definition) is 0. The minimum absolute atomic E-state index is 0.0171. The first-order chi connectivity index (χ1) is 20.3. The van der Waals surface area contributed by atoms with Gasteiger partial charge >= 0.3 is 19.5 Å². The van der Waals surface area contributed by atoms with Crippen LogP contribution in [0.2, 0.25) is 10.0 Å². The minimum Gasteiger partial charge on any atom is -0.438 e. The van der Waals surface area contributed by atoms with Crippen molar-refractivity contribution < 1.29 is 42.3 Å². The lowest BCUT2D eigenvalue weighted by Gasteiger charge is -2.30. The van der Waals surface area contributed by atoms with Crippen LogP contribution in [0.5, 0.6) is 0 Å². The summed E-state index contributed by atoms with van der Waals surface area (Å²) in [5.41, 5.74) is -1.55. The molecule has 10 nitrogen and oxygen atoms in total. The van der Waals surface area contributed by atoms with Gasteiger partial charge in [0.2, 0.25) is 19.5 Å². The third kappa shape index (κ3) is 11.5. The maximum absolute atomic E-state index is 14.6. The number of benzene rings is 2. The molecule has 2 atom stereocenters. The molecule has 13 heteroatoms. The zero-order chi connectivity index (χ0) is 33.3. The van der Waals surface area contributed by atoms with Gasteiger partial charge in [0.15, 0.2) is 0 Å². The molecule has 2 rings (SSSR count). The average Bonchev–Trinajstić information content (AvgIpc) is 2.93. The van der Waals surface area contributed by atoms with Crippen molar-refractivity contribution in [1.82, 2.24) is 5.06 Å². The molecule has 2 aromatic carbocycles. The van der Waals surface area contributed by atoms with Gasteiger partial charge in [0.25, 0.3) is 0 Å². The van der Waals surface area contributed by atoms with E-state index in [0.29, 0.717) is 5.56 Å². The zero-order valence-electron chi connectivity index (χ0n) is 26.4. The summed E-state index contributed by atoms with van der Waals surface area (Å²) in [6.07, 6.45) is -0.493. The first kappa shape index (κ1) is 37.7. The molecule has 2 aromatic rings. The Kier molecular flexibility index (Phi) is 13.9. The average molecular weight is 675 g/mol. The van der Waals surface area contributed by atoms with E-state index in [1.54, 1.807) is 54.5 Å². The molecule has 0 aliphatic carbocycles. The van der Waals surface area contributed by atoms with Gasteiger partial charge in [0.05, 0.1) is 26.5 Å². The first-order valence-electron chi connectivity index (χ1n) is 14.0. The van der Waals surface area contributed by atoms with Crippen molar-refractivity contribution in [2.75, 3.05) is 20.1 Å². The number of hydroxylamine groups is 2. The Morgan fingerprint density at radius 3 is 1.80 bits per heavy atom. The van der Waals surface area contributed by atoms with Gasteiger partial charge in [-0.1, -0.05) is 59.6 Å². The molecule has 0 aliphatic heterocycles. The molecule has 44 heavy (non-hydrogen) atoms. The Morgan fingerprint density at radius 1 is 0.818 bits per heavy atom. The van der Waals surface area contributed by atoms with Gasteiger partial charge in [-0.25, -0.2) is 5.06 Å². The number of carbonyl (C=O) groups excluding carboxylic acids is 3. The quantitative estimate of drug-likeness (QED) is 0.0844. The highest BCUT2D eigenvalue weighted by Crippen LogP contribution is 2.63. The first-order valence-corrected chi connectivity index (χ1v) is 16.4. The summed E-state index contributed by atoms with van der Waals surface area (Å²) in [6.45, 7) is 11.6. The van der Waals surface area contributed by atoms with Gasteiger partial charge in [-0.05, 0) is 78.1 Å². The van der Waals surface area contributed by atoms with E-state index in [1.165, 1.54) is 19.1 Å². The highest BCUT2D eigenvalue weighted by molar-refractivity contribution is 7.54. The second kappa shape index (κ2) is 16.2. The predicted molar refractivity (Wildman–Crippen MR) is 168 cm³/mol. The van der Waals surface area contributed by atoms with Crippen LogP contribution in [-0.4, -0.2) is 43.0 Å². The molecule has 244 valence electrons. The number of nitrogens with zero attached hydrogens (tertiary/aromatic N) is 1. The van der Waals surface area contributed by atoms with Crippen molar-refractivity contribution in [3.05, 3.63) is 69.7 Å². The molecule has 0 N–H and O–H groups in total. The van der Waals surface area contributed by atoms with Crippen LogP contribution in [0.1, 0.15) is 84.7 Å². The Bertz CT molecular complexity index is 1290. The molecule has 0 heterocycles. The standard InChI is InChI=1S/C31H42Cl2NO9P/c1-21(23-12-10-9-11-13-23)43-34(22(2)35)17-16-27(24-14-15-25(32)26(33)18-24)44(38,41-19-39-28(36)30(3,4)5)42-20-40-29(37)31(6,7)8/h9-15,18,21,27H,16-17,19-20H2,1-8H3. The van der Waals surface area contributed by atoms with Crippen molar-refractivity contribution in [3.8, 4) is 0 Å². The molecule has 0 bridgehead atoms. The molecule has 0 saturated carbocycles. The topological polar surface area (TPSA) is 118 Å². The summed E-state index contributed by atoms with van der Waals surface area (Å²) >= 11 is 12.5. The van der Waals surface area contributed by atoms with E-state index in [0.717, 1.165) is 10.6 Å². The Labute approximate surface area is 269 Å². The fraction of sp³-hybridized carbons (Fsp3) is 0.516. The largest absolute Gasteiger partial charge is 0.438 e. The number of rotatable bonds is 14. The molecule has 1 amide bonds. The Morgan fingerprint density at radius 2 is 1.34 bits per heavy atom. The third-order valence-electron chi connectivity index (χ3n) is 6.29. The van der Waals surface area contributed by atoms with E-state index in [-0.39, 0.29) is 23.0 Å². The lowest BCUT2D eigenvalue weighted by molar-refractivity contribution is -0.203. The highest BCUT2D eigenvalue weighted by Gasteiger charge is 2.40. The molecule has 0 aliphatic rings. The zero-order valence-corrected chi connectivity index (χ0v) is 28.8. The van der Waals surface area contributed by atoms with Crippen LogP contribution in [0.3, 0.4) is 0 Å². The van der Waals surface area contributed by atoms with Crippen molar-refractivity contribution >= 4 is 48.6 Å². The van der Waals surface area contributed by atoms with E-state index in [1.807, 2.05) is 30.3 Å². The molecular formula is C31H42Cl2NO9P. The smallest absolute Gasteiger partial charge is 0.343 e. The van der Waals surface area contributed by atoms with Crippen molar-refractivity contribution in [2.24, 2.45) is 10.8 Å². The van der Waals surface area contributed by atoms with Gasteiger partial charge in [0.1, 0.15) is 6.10 Å². The molecule has 0 spiro atoms. The van der Waals surface area contributed by atoms with E-state index in [2.05, 4.69) is 0 Å². The number of amides is 1. The van der Waals surface area contributed by atoms with Gasteiger partial charge in [-0.2, -0.15) is 0 Å². The summed E-state index contributed by atoms with van der Waals surface area (Å²) in [5, 5.41) is 1.59. The summed E-state index contributed by atoms with van der Waals surface area (Å²) in [5.74, 6) is -1.59. The van der Waals surface area contributed by atoms with Crippen LogP contribution < -0.4 is 0 Å². The maximum Gasteiger partial charge on any atom is 0.343 e. The number of carbonyl (C=O) groups is 3. The van der Waals surface area contributed by atoms with Gasteiger partial charge in [0, 0.05) is 13.5 Å². The summed E-state index contributed by atoms with van der Waals surface area (Å²) in [7, 11) is -4.33. The summed E-state index contributed by atoms with van der Waals surface area (Å²) in [4.78, 5) is 43.4. The molecular weight excluding hydrogens is 632 g/mol. The minimum atomic E-state index is -4.33. The van der Waals surface area contributed by atoms with Crippen LogP contribution >= 0.6 is 30.8 Å². The van der Waals surface area contributed by atoms with Crippen LogP contribution in [0.4, 0.5) is 0 Å². The van der Waals surface area contributed by atoms with Gasteiger partial charge in [-0.3, -0.25) is 32.8 Å². The highest BCUT2D eigenvalue weighted by atomic mass is 35.5. The number of hydrogen-bond acceptors (Lipinski definition) is 9. The second-order valence-electron chi connectivity index (χ2n) is 12.2. The monoisotopic (exact) mass is 673 g/mol. The predicted octanol–water partition coefficient (Wildman–Crippen LogP) is 8.29. The number of ether oxygens (including phenoxy) is 2. The van der Waals surface area contributed by atoms with Crippen molar-refractivity contribution in [3.63, 3.8) is 0 Å². The summed E-state index contributed by atoms with van der Waals surface area (Å²) in [6, 6.07) is 13.9. The van der Waals surface area contributed by atoms with E-state index >= 15 is 0 Å². The van der Waals surface area contributed by atoms with Crippen LogP contribution in [0.15, 0.2) is 48.5 Å². The molecule has 0 saturated heterocycles. The fourth-order valence-corrected chi connectivity index (χ4v) is 5.78. The fourth-order valence-electron chi connectivity index (χ4n) is 3.68. The van der Waals surface area contributed by atoms with Crippen LogP contribution in [-0.2, 0) is 42.3 Å². The number of esters is 2. The SMILES string of the molecule is CC(=O)N(CCC(c1ccc(Cl)c(Cl)c1)P(=O)(OCOC(=O)C(C)(C)C)OCOC(=O)C(C)(C)C)OC(C)c1ccccc1. The molecule has 0 aromatic heterocycles. The lowest BCUT2D eigenvalue weighted by atomic mass is 9.98.